The summed E-state index contributed by atoms with van der Waals surface area (Å²) in [4.78, 5) is 0. The van der Waals surface area contributed by atoms with Gasteiger partial charge in [0.25, 0.3) is 0 Å². The predicted octanol–water partition coefficient (Wildman–Crippen LogP) is 4.59. The molecule has 0 heterocycles. The van der Waals surface area contributed by atoms with Gasteiger partial charge in [0.15, 0.2) is 0 Å². The first-order valence-corrected chi connectivity index (χ1v) is 6.04. The molecule has 0 saturated carbocycles. The Hall–Kier alpha value is -0.760. The van der Waals surface area contributed by atoms with Gasteiger partial charge in [-0.3, -0.25) is 4.39 Å². The van der Waals surface area contributed by atoms with Crippen molar-refractivity contribution in [3.63, 3.8) is 0 Å². The van der Waals surface area contributed by atoms with Crippen molar-refractivity contribution in [1.82, 2.24) is 0 Å². The van der Waals surface area contributed by atoms with Crippen molar-refractivity contribution in [2.24, 2.45) is 0 Å². The van der Waals surface area contributed by atoms with Gasteiger partial charge in [0.2, 0.25) is 0 Å². The highest BCUT2D eigenvalue weighted by Gasteiger charge is 2.08. The predicted molar refractivity (Wildman–Crippen MR) is 66.2 cm³/mol. The Morgan fingerprint density at radius 3 is 2.75 bits per heavy atom. The van der Waals surface area contributed by atoms with E-state index in [9.17, 15) is 4.39 Å². The number of unbranched alkanes of at least 4 members (excludes halogenated alkanes) is 1. The van der Waals surface area contributed by atoms with Crippen LogP contribution < -0.4 is 4.74 Å². The molecule has 1 unspecified atom stereocenters. The third-order valence-corrected chi connectivity index (χ3v) is 2.68. The van der Waals surface area contributed by atoms with Crippen LogP contribution in [-0.4, -0.2) is 13.3 Å². The first-order chi connectivity index (χ1) is 7.67. The third kappa shape index (κ3) is 4.01. The van der Waals surface area contributed by atoms with Crippen molar-refractivity contribution < 1.29 is 9.13 Å². The fourth-order valence-electron chi connectivity index (χ4n) is 1.38. The van der Waals surface area contributed by atoms with E-state index in [1.807, 2.05) is 13.0 Å². The Bertz CT molecular complexity index is 328. The van der Waals surface area contributed by atoms with E-state index in [-0.39, 0.29) is 12.6 Å². The van der Waals surface area contributed by atoms with Gasteiger partial charge >= 0.3 is 0 Å². The number of rotatable bonds is 6. The van der Waals surface area contributed by atoms with Gasteiger partial charge in [0, 0.05) is 10.9 Å². The number of halogens is 2. The molecule has 0 aliphatic carbocycles. The van der Waals surface area contributed by atoms with Gasteiger partial charge in [-0.15, -0.1) is 0 Å². The minimum Gasteiger partial charge on any atom is -0.494 e. The van der Waals surface area contributed by atoms with E-state index in [0.29, 0.717) is 11.6 Å². The van der Waals surface area contributed by atoms with E-state index >= 15 is 0 Å². The first-order valence-electron chi connectivity index (χ1n) is 5.66. The smallest absolute Gasteiger partial charge is 0.121 e. The molecule has 1 aromatic carbocycles. The van der Waals surface area contributed by atoms with Crippen LogP contribution in [0.3, 0.4) is 0 Å². The van der Waals surface area contributed by atoms with Gasteiger partial charge in [0.1, 0.15) is 5.75 Å². The molecule has 0 fully saturated rings. The maximum Gasteiger partial charge on any atom is 0.121 e. The summed E-state index contributed by atoms with van der Waals surface area (Å²) in [5, 5.41) is 0.601. The normalized spacial score (nSPS) is 12.5. The summed E-state index contributed by atoms with van der Waals surface area (Å²) in [7, 11) is 0. The van der Waals surface area contributed by atoms with Crippen molar-refractivity contribution in [3.8, 4) is 5.75 Å². The van der Waals surface area contributed by atoms with E-state index < -0.39 is 0 Å². The Morgan fingerprint density at radius 2 is 2.12 bits per heavy atom. The van der Waals surface area contributed by atoms with Gasteiger partial charge in [-0.2, -0.15) is 0 Å². The molecule has 3 heteroatoms. The lowest BCUT2D eigenvalue weighted by Gasteiger charge is -2.11. The second-order valence-corrected chi connectivity index (χ2v) is 4.41. The van der Waals surface area contributed by atoms with Crippen molar-refractivity contribution in [2.75, 3.05) is 13.3 Å². The molecule has 90 valence electrons. The molecule has 0 bridgehead atoms. The average Bonchev–Trinajstić information content (AvgIpc) is 2.27. The second-order valence-electron chi connectivity index (χ2n) is 3.98. The Morgan fingerprint density at radius 1 is 1.38 bits per heavy atom. The van der Waals surface area contributed by atoms with Crippen LogP contribution in [-0.2, 0) is 0 Å². The Kier molecular flexibility index (Phi) is 5.61. The van der Waals surface area contributed by atoms with Crippen LogP contribution in [0.15, 0.2) is 18.2 Å². The van der Waals surface area contributed by atoms with Crippen LogP contribution in [0.2, 0.25) is 5.02 Å². The fourth-order valence-corrected chi connectivity index (χ4v) is 1.61. The zero-order valence-corrected chi connectivity index (χ0v) is 10.6. The summed E-state index contributed by atoms with van der Waals surface area (Å²) in [6.07, 6.45) is 2.11. The number of hydrogen-bond acceptors (Lipinski definition) is 1. The molecule has 0 N–H and O–H groups in total. The van der Waals surface area contributed by atoms with Crippen LogP contribution in [0.1, 0.15) is 38.2 Å². The van der Waals surface area contributed by atoms with Crippen LogP contribution in [0.4, 0.5) is 4.39 Å². The monoisotopic (exact) mass is 244 g/mol. The molecule has 0 aromatic heterocycles. The lowest BCUT2D eigenvalue weighted by Crippen LogP contribution is -2.00. The fraction of sp³-hybridized carbons (Fsp3) is 0.538. The van der Waals surface area contributed by atoms with Gasteiger partial charge in [-0.05, 0) is 30.2 Å². The second kappa shape index (κ2) is 6.74. The molecule has 0 aliphatic heterocycles. The molecule has 0 spiro atoms. The highest BCUT2D eigenvalue weighted by molar-refractivity contribution is 6.30. The summed E-state index contributed by atoms with van der Waals surface area (Å²) in [6.45, 7) is 4.24. The summed E-state index contributed by atoms with van der Waals surface area (Å²) in [5.74, 6) is 0.600. The van der Waals surface area contributed by atoms with Crippen molar-refractivity contribution in [3.05, 3.63) is 28.8 Å². The molecule has 0 aliphatic rings. The van der Waals surface area contributed by atoms with Crippen molar-refractivity contribution in [1.29, 1.82) is 0 Å². The highest BCUT2D eigenvalue weighted by Crippen LogP contribution is 2.26. The average molecular weight is 245 g/mol. The molecule has 1 aromatic rings. The topological polar surface area (TPSA) is 9.23 Å². The maximum atomic E-state index is 12.6. The molecule has 1 nitrogen and oxygen atoms in total. The molecule has 16 heavy (non-hydrogen) atoms. The first kappa shape index (κ1) is 13.3. The SMILES string of the molecule is CCCCOc1cc(Cl)cc(C(C)CF)c1. The molecular formula is C13H18ClFO. The van der Waals surface area contributed by atoms with E-state index in [1.54, 1.807) is 12.1 Å². The molecule has 0 saturated heterocycles. The minimum absolute atomic E-state index is 0.132. The minimum atomic E-state index is -0.380. The zero-order valence-electron chi connectivity index (χ0n) is 9.80. The lowest BCUT2D eigenvalue weighted by atomic mass is 10.0. The van der Waals surface area contributed by atoms with Gasteiger partial charge in [-0.1, -0.05) is 31.9 Å². The quantitative estimate of drug-likeness (QED) is 0.665. The van der Waals surface area contributed by atoms with Gasteiger partial charge in [0.05, 0.1) is 13.3 Å². The Balaban J connectivity index is 2.73. The summed E-state index contributed by atoms with van der Waals surface area (Å²) < 4.78 is 18.1. The van der Waals surface area contributed by atoms with Gasteiger partial charge < -0.3 is 4.74 Å². The van der Waals surface area contributed by atoms with Crippen LogP contribution in [0.5, 0.6) is 5.75 Å². The number of hydrogen-bond donors (Lipinski definition) is 0. The van der Waals surface area contributed by atoms with Crippen LogP contribution in [0.25, 0.3) is 0 Å². The summed E-state index contributed by atoms with van der Waals surface area (Å²) in [6, 6.07) is 5.43. The number of benzene rings is 1. The number of alkyl halides is 1. The molecule has 1 rings (SSSR count). The molecule has 1 atom stereocenters. The van der Waals surface area contributed by atoms with Crippen molar-refractivity contribution >= 4 is 11.6 Å². The third-order valence-electron chi connectivity index (χ3n) is 2.46. The van der Waals surface area contributed by atoms with Gasteiger partial charge in [-0.25, -0.2) is 0 Å². The van der Waals surface area contributed by atoms with E-state index in [1.165, 1.54) is 0 Å². The highest BCUT2D eigenvalue weighted by atomic mass is 35.5. The van der Waals surface area contributed by atoms with Crippen LogP contribution in [0, 0.1) is 0 Å². The zero-order chi connectivity index (χ0) is 12.0. The van der Waals surface area contributed by atoms with E-state index in [2.05, 4.69) is 6.92 Å². The summed E-state index contributed by atoms with van der Waals surface area (Å²) >= 11 is 5.96. The molecular weight excluding hydrogens is 227 g/mol. The molecule has 0 amide bonds. The van der Waals surface area contributed by atoms with Crippen LogP contribution >= 0.6 is 11.6 Å². The maximum absolute atomic E-state index is 12.6. The number of ether oxygens (including phenoxy) is 1. The lowest BCUT2D eigenvalue weighted by molar-refractivity contribution is 0.308. The molecule has 0 radical (unpaired) electrons. The largest absolute Gasteiger partial charge is 0.494 e. The standard InChI is InChI=1S/C13H18ClFO/c1-3-4-5-16-13-7-11(10(2)9-15)6-12(14)8-13/h6-8,10H,3-5,9H2,1-2H3. The van der Waals surface area contributed by atoms with E-state index in [0.717, 1.165) is 24.2 Å². The van der Waals surface area contributed by atoms with Crippen molar-refractivity contribution in [2.45, 2.75) is 32.6 Å². The van der Waals surface area contributed by atoms with E-state index in [4.69, 9.17) is 16.3 Å². The Labute approximate surface area is 102 Å². The summed E-state index contributed by atoms with van der Waals surface area (Å²) in [5.41, 5.74) is 0.890.